The average Bonchev–Trinajstić information content (AvgIpc) is 3.16. The van der Waals surface area contributed by atoms with Crippen molar-refractivity contribution in [1.82, 2.24) is 4.90 Å². The molecule has 0 aromatic rings. The summed E-state index contributed by atoms with van der Waals surface area (Å²) in [4.78, 5) is 15.3. The molecule has 1 heterocycles. The topological polar surface area (TPSA) is 46.3 Å². The van der Waals surface area contributed by atoms with Crippen molar-refractivity contribution >= 4 is 5.91 Å². The minimum Gasteiger partial charge on any atom is -0.339 e. The van der Waals surface area contributed by atoms with Crippen LogP contribution in [0.4, 0.5) is 0 Å². The van der Waals surface area contributed by atoms with Gasteiger partial charge in [0.1, 0.15) is 0 Å². The predicted octanol–water partition coefficient (Wildman–Crippen LogP) is 2.93. The predicted molar refractivity (Wildman–Crippen MR) is 81.2 cm³/mol. The Kier molecular flexibility index (Phi) is 4.65. The van der Waals surface area contributed by atoms with Gasteiger partial charge >= 0.3 is 0 Å². The highest BCUT2D eigenvalue weighted by atomic mass is 16.2. The molecule has 0 bridgehead atoms. The lowest BCUT2D eigenvalue weighted by molar-refractivity contribution is -0.140. The van der Waals surface area contributed by atoms with Gasteiger partial charge in [-0.15, -0.1) is 0 Å². The molecule has 1 amide bonds. The Morgan fingerprint density at radius 1 is 0.950 bits per heavy atom. The summed E-state index contributed by atoms with van der Waals surface area (Å²) in [7, 11) is 0. The second-order valence-electron chi connectivity index (χ2n) is 7.17. The van der Waals surface area contributed by atoms with Crippen LogP contribution in [0.3, 0.4) is 0 Å². The van der Waals surface area contributed by atoms with Crippen molar-refractivity contribution in [3.05, 3.63) is 0 Å². The molecule has 3 atom stereocenters. The number of rotatable bonds is 3. The summed E-state index contributed by atoms with van der Waals surface area (Å²) < 4.78 is 0. The second kappa shape index (κ2) is 6.46. The van der Waals surface area contributed by atoms with E-state index in [0.717, 1.165) is 25.3 Å². The minimum absolute atomic E-state index is 0.232. The van der Waals surface area contributed by atoms with E-state index < -0.39 is 0 Å². The lowest BCUT2D eigenvalue weighted by Crippen LogP contribution is -2.46. The van der Waals surface area contributed by atoms with Crippen LogP contribution in [0.5, 0.6) is 0 Å². The highest BCUT2D eigenvalue weighted by molar-refractivity contribution is 5.80. The first-order valence-electron chi connectivity index (χ1n) is 8.82. The molecular weight excluding hydrogens is 248 g/mol. The van der Waals surface area contributed by atoms with Crippen molar-refractivity contribution in [2.24, 2.45) is 23.5 Å². The summed E-state index contributed by atoms with van der Waals surface area (Å²) in [5, 5.41) is 0. The van der Waals surface area contributed by atoms with E-state index >= 15 is 0 Å². The van der Waals surface area contributed by atoms with Crippen LogP contribution in [0.2, 0.25) is 0 Å². The molecule has 2 aliphatic carbocycles. The smallest absolute Gasteiger partial charge is 0.226 e. The van der Waals surface area contributed by atoms with Crippen LogP contribution >= 0.6 is 0 Å². The standard InChI is InChI=1S/C17H30N2O/c18-12-14-8-3-4-9-15(14)17(20)19-11-5-10-16(19)13-6-1-2-7-13/h13-16H,1-12,18H2. The lowest BCUT2D eigenvalue weighted by atomic mass is 9.78. The molecule has 3 rings (SSSR count). The van der Waals surface area contributed by atoms with E-state index in [4.69, 9.17) is 5.73 Å². The molecule has 0 aromatic heterocycles. The van der Waals surface area contributed by atoms with Crippen LogP contribution in [0, 0.1) is 17.8 Å². The monoisotopic (exact) mass is 278 g/mol. The van der Waals surface area contributed by atoms with Gasteiger partial charge in [0.05, 0.1) is 0 Å². The molecule has 0 radical (unpaired) electrons. The van der Waals surface area contributed by atoms with E-state index in [9.17, 15) is 4.79 Å². The zero-order valence-corrected chi connectivity index (χ0v) is 12.7. The first-order valence-corrected chi connectivity index (χ1v) is 8.82. The fourth-order valence-corrected chi connectivity index (χ4v) is 4.93. The molecule has 1 saturated heterocycles. The molecule has 3 nitrogen and oxygen atoms in total. The van der Waals surface area contributed by atoms with Gasteiger partial charge < -0.3 is 10.6 Å². The van der Waals surface area contributed by atoms with Gasteiger partial charge in [0.25, 0.3) is 0 Å². The Balaban J connectivity index is 1.68. The van der Waals surface area contributed by atoms with Crippen LogP contribution in [0.15, 0.2) is 0 Å². The van der Waals surface area contributed by atoms with Crippen molar-refractivity contribution in [3.63, 3.8) is 0 Å². The van der Waals surface area contributed by atoms with E-state index in [1.807, 2.05) is 0 Å². The van der Waals surface area contributed by atoms with E-state index in [1.54, 1.807) is 0 Å². The van der Waals surface area contributed by atoms with Crippen molar-refractivity contribution in [2.45, 2.75) is 70.3 Å². The number of nitrogens with two attached hydrogens (primary N) is 1. The van der Waals surface area contributed by atoms with Crippen molar-refractivity contribution in [3.8, 4) is 0 Å². The number of nitrogens with zero attached hydrogens (tertiary/aromatic N) is 1. The number of carbonyl (C=O) groups is 1. The SMILES string of the molecule is NCC1CCCCC1C(=O)N1CCCC1C1CCCC1. The second-order valence-corrected chi connectivity index (χ2v) is 7.17. The maximum absolute atomic E-state index is 13.0. The number of hydrogen-bond acceptors (Lipinski definition) is 2. The van der Waals surface area contributed by atoms with Crippen LogP contribution in [0.25, 0.3) is 0 Å². The molecule has 3 heteroatoms. The Labute approximate surface area is 123 Å². The van der Waals surface area contributed by atoms with Gasteiger partial charge in [-0.1, -0.05) is 25.7 Å². The lowest BCUT2D eigenvalue weighted by Gasteiger charge is -2.36. The largest absolute Gasteiger partial charge is 0.339 e. The van der Waals surface area contributed by atoms with Crippen molar-refractivity contribution < 1.29 is 4.79 Å². The van der Waals surface area contributed by atoms with Gasteiger partial charge in [-0.3, -0.25) is 4.79 Å². The normalized spacial score (nSPS) is 35.6. The highest BCUT2D eigenvalue weighted by Gasteiger charge is 2.40. The van der Waals surface area contributed by atoms with Crippen LogP contribution < -0.4 is 5.73 Å². The quantitative estimate of drug-likeness (QED) is 0.863. The number of hydrogen-bond donors (Lipinski definition) is 1. The molecule has 2 N–H and O–H groups in total. The van der Waals surface area contributed by atoms with Gasteiger partial charge in [0, 0.05) is 18.5 Å². The summed E-state index contributed by atoms with van der Waals surface area (Å²) in [6.45, 7) is 1.70. The Morgan fingerprint density at radius 2 is 1.65 bits per heavy atom. The molecule has 2 saturated carbocycles. The average molecular weight is 278 g/mol. The third-order valence-corrected chi connectivity index (χ3v) is 6.06. The first-order chi connectivity index (χ1) is 9.81. The summed E-state index contributed by atoms with van der Waals surface area (Å²) in [5.41, 5.74) is 5.92. The summed E-state index contributed by atoms with van der Waals surface area (Å²) >= 11 is 0. The number of likely N-dealkylation sites (tertiary alicyclic amines) is 1. The van der Waals surface area contributed by atoms with E-state index in [2.05, 4.69) is 4.90 Å². The van der Waals surface area contributed by atoms with Crippen LogP contribution in [-0.4, -0.2) is 29.9 Å². The Morgan fingerprint density at radius 3 is 2.40 bits per heavy atom. The highest BCUT2D eigenvalue weighted by Crippen LogP contribution is 2.38. The summed E-state index contributed by atoms with van der Waals surface area (Å²) in [6, 6.07) is 0.561. The summed E-state index contributed by atoms with van der Waals surface area (Å²) in [6.07, 6.45) is 12.6. The molecule has 0 spiro atoms. The van der Waals surface area contributed by atoms with E-state index in [1.165, 1.54) is 51.4 Å². The third-order valence-electron chi connectivity index (χ3n) is 6.06. The van der Waals surface area contributed by atoms with Crippen LogP contribution in [-0.2, 0) is 4.79 Å². The van der Waals surface area contributed by atoms with Gasteiger partial charge in [0.2, 0.25) is 5.91 Å². The maximum Gasteiger partial charge on any atom is 0.226 e. The zero-order valence-electron chi connectivity index (χ0n) is 12.7. The van der Waals surface area contributed by atoms with Gasteiger partial charge in [0.15, 0.2) is 0 Å². The number of carbonyl (C=O) groups excluding carboxylic acids is 1. The minimum atomic E-state index is 0.232. The molecule has 3 aliphatic rings. The van der Waals surface area contributed by atoms with Crippen molar-refractivity contribution in [1.29, 1.82) is 0 Å². The third kappa shape index (κ3) is 2.74. The molecule has 20 heavy (non-hydrogen) atoms. The Hall–Kier alpha value is -0.570. The molecule has 114 valence electrons. The van der Waals surface area contributed by atoms with E-state index in [0.29, 0.717) is 24.4 Å². The van der Waals surface area contributed by atoms with Gasteiger partial charge in [-0.25, -0.2) is 0 Å². The maximum atomic E-state index is 13.0. The molecule has 3 unspecified atom stereocenters. The fraction of sp³-hybridized carbons (Fsp3) is 0.941. The van der Waals surface area contributed by atoms with Crippen LogP contribution in [0.1, 0.15) is 64.2 Å². The van der Waals surface area contributed by atoms with E-state index in [-0.39, 0.29) is 5.92 Å². The molecule has 0 aromatic carbocycles. The zero-order chi connectivity index (χ0) is 13.9. The van der Waals surface area contributed by atoms with Gasteiger partial charge in [-0.2, -0.15) is 0 Å². The molecular formula is C17H30N2O. The Bertz CT molecular complexity index is 338. The number of amides is 1. The van der Waals surface area contributed by atoms with Crippen molar-refractivity contribution in [2.75, 3.05) is 13.1 Å². The molecule has 1 aliphatic heterocycles. The van der Waals surface area contributed by atoms with Gasteiger partial charge in [-0.05, 0) is 56.9 Å². The fourth-order valence-electron chi connectivity index (χ4n) is 4.93. The summed E-state index contributed by atoms with van der Waals surface area (Å²) in [5.74, 6) is 1.92. The molecule has 3 fully saturated rings. The first kappa shape index (κ1) is 14.4.